The number of piperidine rings is 1. The predicted octanol–water partition coefficient (Wildman–Crippen LogP) is 4.89. The summed E-state index contributed by atoms with van der Waals surface area (Å²) in [7, 11) is 0. The lowest BCUT2D eigenvalue weighted by Gasteiger charge is -2.44. The predicted molar refractivity (Wildman–Crippen MR) is 123 cm³/mol. The first-order valence-electron chi connectivity index (χ1n) is 12.3. The van der Waals surface area contributed by atoms with Crippen molar-refractivity contribution in [2.24, 2.45) is 5.73 Å². The summed E-state index contributed by atoms with van der Waals surface area (Å²) in [4.78, 5) is 16.9. The molecule has 0 unspecified atom stereocenters. The van der Waals surface area contributed by atoms with Crippen LogP contribution in [0, 0.1) is 6.92 Å². The molecule has 178 valence electrons. The fourth-order valence-corrected chi connectivity index (χ4v) is 5.67. The summed E-state index contributed by atoms with van der Waals surface area (Å²) in [6.45, 7) is 6.96. The number of anilines is 1. The highest BCUT2D eigenvalue weighted by Gasteiger charge is 2.38. The summed E-state index contributed by atoms with van der Waals surface area (Å²) in [5.74, 6) is -2.40. The second kappa shape index (κ2) is 9.54. The number of alkyl halides is 2. The highest BCUT2D eigenvalue weighted by Crippen LogP contribution is 2.39. The molecule has 0 spiro atoms. The smallest absolute Gasteiger partial charge is 0.249 e. The van der Waals surface area contributed by atoms with Crippen LogP contribution < -0.4 is 15.4 Å². The Labute approximate surface area is 190 Å². The Balaban J connectivity index is 1.49. The van der Waals surface area contributed by atoms with E-state index in [-0.39, 0.29) is 25.0 Å². The van der Waals surface area contributed by atoms with E-state index in [0.29, 0.717) is 36.7 Å². The molecule has 5 nitrogen and oxygen atoms in total. The number of ether oxygens (including phenoxy) is 1. The van der Waals surface area contributed by atoms with Crippen LogP contribution in [0.5, 0.6) is 5.75 Å². The highest BCUT2D eigenvalue weighted by atomic mass is 19.3. The number of hydrogen-bond donors (Lipinski definition) is 1. The van der Waals surface area contributed by atoms with Gasteiger partial charge in [-0.2, -0.15) is 0 Å². The number of likely N-dealkylation sites (tertiary alicyclic amines) is 1. The van der Waals surface area contributed by atoms with Crippen LogP contribution in [0.3, 0.4) is 0 Å². The molecule has 0 bridgehead atoms. The summed E-state index contributed by atoms with van der Waals surface area (Å²) in [5, 5.41) is 0. The van der Waals surface area contributed by atoms with E-state index < -0.39 is 11.8 Å². The van der Waals surface area contributed by atoms with Crippen LogP contribution in [0.2, 0.25) is 0 Å². The summed E-state index contributed by atoms with van der Waals surface area (Å²) in [5.41, 5.74) is 7.81. The average Bonchev–Trinajstić information content (AvgIpc) is 2.74. The van der Waals surface area contributed by atoms with E-state index in [1.54, 1.807) is 6.07 Å². The number of benzene rings is 1. The van der Waals surface area contributed by atoms with Crippen LogP contribution in [-0.2, 0) is 0 Å². The van der Waals surface area contributed by atoms with Gasteiger partial charge in [-0.1, -0.05) is 6.42 Å². The molecule has 0 aromatic heterocycles. The minimum Gasteiger partial charge on any atom is -0.490 e. The molecule has 0 atom stereocenters. The molecule has 1 amide bonds. The molecule has 2 aliphatic carbocycles. The molecular formula is C25H37F2N3O2. The van der Waals surface area contributed by atoms with Gasteiger partial charge in [-0.15, -0.1) is 0 Å². The highest BCUT2D eigenvalue weighted by molar-refractivity contribution is 5.96. The topological polar surface area (TPSA) is 58.8 Å². The molecule has 0 radical (unpaired) electrons. The standard InChI is InChI=1S/C25H37F2N3O2/c1-3-30(18-7-9-25(26,27)10-8-18)23-16-21(15-22(17(23)2)24(28)31)32-20-13-19(14-20)29-11-5-4-6-12-29/h15-16,18-20H,3-14H2,1-2H3,(H2,28,31)/t19-,20-. The maximum Gasteiger partial charge on any atom is 0.249 e. The molecule has 1 aromatic carbocycles. The van der Waals surface area contributed by atoms with Gasteiger partial charge < -0.3 is 20.3 Å². The summed E-state index contributed by atoms with van der Waals surface area (Å²) < 4.78 is 33.7. The van der Waals surface area contributed by atoms with E-state index >= 15 is 0 Å². The zero-order valence-electron chi connectivity index (χ0n) is 19.4. The van der Waals surface area contributed by atoms with Gasteiger partial charge in [0.05, 0.1) is 0 Å². The first kappa shape index (κ1) is 23.3. The Hall–Kier alpha value is -1.89. The second-order valence-electron chi connectivity index (χ2n) is 9.81. The molecule has 1 aliphatic heterocycles. The first-order valence-corrected chi connectivity index (χ1v) is 12.3. The van der Waals surface area contributed by atoms with Crippen molar-refractivity contribution in [2.75, 3.05) is 24.5 Å². The summed E-state index contributed by atoms with van der Waals surface area (Å²) in [6.07, 6.45) is 6.75. The Morgan fingerprint density at radius 3 is 2.44 bits per heavy atom. The van der Waals surface area contributed by atoms with Gasteiger partial charge >= 0.3 is 0 Å². The van der Waals surface area contributed by atoms with Gasteiger partial charge in [-0.3, -0.25) is 4.79 Å². The van der Waals surface area contributed by atoms with Crippen molar-refractivity contribution in [3.8, 4) is 5.75 Å². The van der Waals surface area contributed by atoms with Gasteiger partial charge in [0.25, 0.3) is 0 Å². The number of carbonyl (C=O) groups is 1. The van der Waals surface area contributed by atoms with Gasteiger partial charge in [0.1, 0.15) is 11.9 Å². The van der Waals surface area contributed by atoms with Crippen LogP contribution in [-0.4, -0.2) is 54.6 Å². The molecule has 7 heteroatoms. The quantitative estimate of drug-likeness (QED) is 0.644. The number of primary amides is 1. The molecule has 2 saturated carbocycles. The number of halogens is 2. The summed E-state index contributed by atoms with van der Waals surface area (Å²) in [6, 6.07) is 4.35. The van der Waals surface area contributed by atoms with Gasteiger partial charge in [-0.05, 0) is 64.3 Å². The third-order valence-electron chi connectivity index (χ3n) is 7.68. The number of amides is 1. The van der Waals surface area contributed by atoms with Crippen molar-refractivity contribution in [3.63, 3.8) is 0 Å². The lowest BCUT2D eigenvalue weighted by atomic mass is 9.86. The van der Waals surface area contributed by atoms with Crippen molar-refractivity contribution in [1.82, 2.24) is 4.90 Å². The van der Waals surface area contributed by atoms with Crippen LogP contribution in [0.15, 0.2) is 12.1 Å². The van der Waals surface area contributed by atoms with Crippen molar-refractivity contribution < 1.29 is 18.3 Å². The number of nitrogens with zero attached hydrogens (tertiary/aromatic N) is 2. The Morgan fingerprint density at radius 2 is 1.84 bits per heavy atom. The number of hydrogen-bond acceptors (Lipinski definition) is 4. The second-order valence-corrected chi connectivity index (χ2v) is 9.81. The molecule has 1 aromatic rings. The average molecular weight is 450 g/mol. The van der Waals surface area contributed by atoms with Gasteiger partial charge in [0.15, 0.2) is 0 Å². The molecule has 4 rings (SSSR count). The lowest BCUT2D eigenvalue weighted by molar-refractivity contribution is -0.0380. The fourth-order valence-electron chi connectivity index (χ4n) is 5.67. The van der Waals surface area contributed by atoms with E-state index in [1.807, 2.05) is 19.9 Å². The Kier molecular flexibility index (Phi) is 6.94. The monoisotopic (exact) mass is 449 g/mol. The van der Waals surface area contributed by atoms with Crippen molar-refractivity contribution in [2.45, 2.75) is 95.7 Å². The van der Waals surface area contributed by atoms with Crippen molar-refractivity contribution in [3.05, 3.63) is 23.3 Å². The van der Waals surface area contributed by atoms with Gasteiger partial charge in [-0.25, -0.2) is 8.78 Å². The molecule has 3 fully saturated rings. The minimum absolute atomic E-state index is 0.0292. The Bertz CT molecular complexity index is 810. The fraction of sp³-hybridized carbons (Fsp3) is 0.720. The van der Waals surface area contributed by atoms with E-state index in [0.717, 1.165) is 24.1 Å². The SMILES string of the molecule is CCN(c1cc(O[C@H]2C[C@H](N3CCCCC3)C2)cc(C(N)=O)c1C)C1CCC(F)(F)CC1. The third-order valence-corrected chi connectivity index (χ3v) is 7.68. The normalized spacial score (nSPS) is 26.4. The number of nitrogens with two attached hydrogens (primary N) is 1. The zero-order chi connectivity index (χ0) is 22.9. The summed E-state index contributed by atoms with van der Waals surface area (Å²) >= 11 is 0. The molecular weight excluding hydrogens is 412 g/mol. The van der Waals surface area contributed by atoms with Crippen LogP contribution in [0.1, 0.15) is 80.6 Å². The van der Waals surface area contributed by atoms with Gasteiger partial charge in [0.2, 0.25) is 11.8 Å². The van der Waals surface area contributed by atoms with E-state index in [2.05, 4.69) is 9.80 Å². The van der Waals surface area contributed by atoms with E-state index in [9.17, 15) is 13.6 Å². The van der Waals surface area contributed by atoms with Gasteiger partial charge in [0, 0.05) is 61.6 Å². The first-order chi connectivity index (χ1) is 15.3. The maximum atomic E-state index is 13.7. The van der Waals surface area contributed by atoms with Crippen LogP contribution in [0.25, 0.3) is 0 Å². The number of rotatable bonds is 7. The Morgan fingerprint density at radius 1 is 1.19 bits per heavy atom. The maximum absolute atomic E-state index is 13.7. The molecule has 3 aliphatic rings. The van der Waals surface area contributed by atoms with E-state index in [1.165, 1.54) is 32.4 Å². The molecule has 32 heavy (non-hydrogen) atoms. The largest absolute Gasteiger partial charge is 0.490 e. The van der Waals surface area contributed by atoms with Crippen molar-refractivity contribution >= 4 is 11.6 Å². The third kappa shape index (κ3) is 5.03. The van der Waals surface area contributed by atoms with Crippen LogP contribution >= 0.6 is 0 Å². The van der Waals surface area contributed by atoms with Crippen molar-refractivity contribution in [1.29, 1.82) is 0 Å². The molecule has 1 heterocycles. The lowest BCUT2D eigenvalue weighted by Crippen LogP contribution is -2.50. The zero-order valence-corrected chi connectivity index (χ0v) is 19.4. The molecule has 2 N–H and O–H groups in total. The number of carbonyl (C=O) groups excluding carboxylic acids is 1. The van der Waals surface area contributed by atoms with E-state index in [4.69, 9.17) is 10.5 Å². The van der Waals surface area contributed by atoms with Crippen LogP contribution in [0.4, 0.5) is 14.5 Å². The minimum atomic E-state index is -2.57. The molecule has 1 saturated heterocycles.